The van der Waals surface area contributed by atoms with Crippen LogP contribution in [0.15, 0.2) is 48.5 Å². The smallest absolute Gasteiger partial charge is 0.378 e. The highest BCUT2D eigenvalue weighted by Crippen LogP contribution is 2.38. The minimum Gasteiger partial charge on any atom is -0.378 e. The second kappa shape index (κ2) is 14.8. The minimum absolute atomic E-state index is 0.0382. The van der Waals surface area contributed by atoms with Gasteiger partial charge in [0, 0.05) is 43.7 Å². The monoisotopic (exact) mass is 733 g/mol. The highest BCUT2D eigenvalue weighted by molar-refractivity contribution is 6.39. The SMILES string of the molecule is CC(C)(C)C(=O)NCc1ccc(Cl)c(Nc2nc3cc(C(=O)Nc4ccc(C(F)(F)F)cc4)c(N4CCOCC4)cc3n2CCC(N)=O)c1Cl. The molecule has 4 aromatic rings. The summed E-state index contributed by atoms with van der Waals surface area (Å²) in [6.45, 7) is 7.40. The van der Waals surface area contributed by atoms with E-state index in [2.05, 4.69) is 16.0 Å². The molecule has 0 bridgehead atoms. The van der Waals surface area contributed by atoms with E-state index in [0.29, 0.717) is 54.3 Å². The Hall–Kier alpha value is -4.53. The number of alkyl halides is 3. The van der Waals surface area contributed by atoms with Crippen molar-refractivity contribution in [1.82, 2.24) is 14.9 Å². The first-order valence-corrected chi connectivity index (χ1v) is 16.4. The van der Waals surface area contributed by atoms with Gasteiger partial charge in [-0.3, -0.25) is 14.4 Å². The molecule has 0 spiro atoms. The maximum Gasteiger partial charge on any atom is 0.416 e. The lowest BCUT2D eigenvalue weighted by Gasteiger charge is -2.30. The van der Waals surface area contributed by atoms with Gasteiger partial charge >= 0.3 is 6.18 Å². The van der Waals surface area contributed by atoms with Crippen molar-refractivity contribution in [3.8, 4) is 0 Å². The lowest BCUT2D eigenvalue weighted by atomic mass is 9.95. The number of morpholine rings is 1. The second-order valence-corrected chi connectivity index (χ2v) is 13.5. The molecular formula is C34H36Cl2F3N7O4. The van der Waals surface area contributed by atoms with Gasteiger partial charge in [0.1, 0.15) is 0 Å². The maximum atomic E-state index is 13.7. The van der Waals surface area contributed by atoms with Crippen LogP contribution in [0.1, 0.15) is 48.7 Å². The largest absolute Gasteiger partial charge is 0.416 e. The fraction of sp³-hybridized carbons (Fsp3) is 0.353. The number of benzene rings is 3. The van der Waals surface area contributed by atoms with Crippen molar-refractivity contribution in [2.45, 2.75) is 46.5 Å². The van der Waals surface area contributed by atoms with E-state index in [1.54, 1.807) is 49.6 Å². The third kappa shape index (κ3) is 8.42. The molecule has 1 aromatic heterocycles. The molecule has 3 amide bonds. The van der Waals surface area contributed by atoms with E-state index >= 15 is 0 Å². The number of carbonyl (C=O) groups is 3. The van der Waals surface area contributed by atoms with Crippen LogP contribution in [0, 0.1) is 5.41 Å². The van der Waals surface area contributed by atoms with Crippen molar-refractivity contribution >= 4 is 75.0 Å². The molecule has 1 aliphatic rings. The Morgan fingerprint density at radius 1 is 1.00 bits per heavy atom. The summed E-state index contributed by atoms with van der Waals surface area (Å²) in [5.41, 5.74) is 6.82. The normalized spacial score (nSPS) is 13.7. The van der Waals surface area contributed by atoms with Crippen LogP contribution < -0.4 is 26.6 Å². The predicted octanol–water partition coefficient (Wildman–Crippen LogP) is 6.73. The van der Waals surface area contributed by atoms with Crippen LogP contribution in [0.25, 0.3) is 11.0 Å². The van der Waals surface area contributed by atoms with Crippen molar-refractivity contribution in [3.63, 3.8) is 0 Å². The number of nitrogens with two attached hydrogens (primary N) is 1. The van der Waals surface area contributed by atoms with Gasteiger partial charge in [-0.2, -0.15) is 13.2 Å². The zero-order valence-corrected chi connectivity index (χ0v) is 29.0. The number of rotatable bonds is 10. The first kappa shape index (κ1) is 36.7. The number of ether oxygens (including phenoxy) is 1. The zero-order valence-electron chi connectivity index (χ0n) is 27.5. The molecule has 5 rings (SSSR count). The van der Waals surface area contributed by atoms with E-state index in [0.717, 1.165) is 12.1 Å². The first-order valence-electron chi connectivity index (χ1n) is 15.7. The molecule has 3 aromatic carbocycles. The number of aromatic nitrogens is 2. The molecule has 0 radical (unpaired) electrons. The Balaban J connectivity index is 1.56. The summed E-state index contributed by atoms with van der Waals surface area (Å²) >= 11 is 13.4. The van der Waals surface area contributed by atoms with E-state index in [9.17, 15) is 27.6 Å². The number of nitrogens with one attached hydrogen (secondary N) is 3. The van der Waals surface area contributed by atoms with E-state index in [1.807, 2.05) is 4.90 Å². The average Bonchev–Trinajstić information content (AvgIpc) is 3.40. The molecular weight excluding hydrogens is 698 g/mol. The summed E-state index contributed by atoms with van der Waals surface area (Å²) < 4.78 is 46.6. The van der Waals surface area contributed by atoms with Gasteiger partial charge in [-0.25, -0.2) is 4.98 Å². The Morgan fingerprint density at radius 3 is 2.30 bits per heavy atom. The molecule has 0 saturated carbocycles. The van der Waals surface area contributed by atoms with Crippen molar-refractivity contribution in [2.24, 2.45) is 11.1 Å². The molecule has 1 fully saturated rings. The molecule has 266 valence electrons. The minimum atomic E-state index is -4.52. The van der Waals surface area contributed by atoms with Crippen LogP contribution in [-0.4, -0.2) is 53.6 Å². The van der Waals surface area contributed by atoms with Gasteiger partial charge in [0.15, 0.2) is 0 Å². The topological polar surface area (TPSA) is 144 Å². The number of imidazole rings is 1. The third-order valence-corrected chi connectivity index (χ3v) is 8.79. The van der Waals surface area contributed by atoms with E-state index < -0.39 is 29.0 Å². The number of hydrogen-bond donors (Lipinski definition) is 4. The van der Waals surface area contributed by atoms with Crippen molar-refractivity contribution in [3.05, 3.63) is 75.3 Å². The maximum absolute atomic E-state index is 13.7. The number of nitrogens with zero attached hydrogens (tertiary/aromatic N) is 3. The number of fused-ring (bicyclic) bond motifs is 1. The summed E-state index contributed by atoms with van der Waals surface area (Å²) in [7, 11) is 0. The van der Waals surface area contributed by atoms with Gasteiger partial charge in [0.2, 0.25) is 17.8 Å². The Labute approximate surface area is 296 Å². The van der Waals surface area contributed by atoms with E-state index in [4.69, 9.17) is 38.7 Å². The molecule has 11 nitrogen and oxygen atoms in total. The summed E-state index contributed by atoms with van der Waals surface area (Å²) in [5, 5.41) is 9.25. The summed E-state index contributed by atoms with van der Waals surface area (Å²) in [4.78, 5) is 44.9. The molecule has 16 heteroatoms. The number of halogens is 5. The number of amides is 3. The summed E-state index contributed by atoms with van der Waals surface area (Å²) in [6, 6.07) is 10.8. The summed E-state index contributed by atoms with van der Waals surface area (Å²) in [5.74, 6) is -1.04. The number of anilines is 4. The zero-order chi connectivity index (χ0) is 36.4. The fourth-order valence-corrected chi connectivity index (χ4v) is 5.82. The van der Waals surface area contributed by atoms with Crippen molar-refractivity contribution in [1.29, 1.82) is 0 Å². The highest BCUT2D eigenvalue weighted by atomic mass is 35.5. The van der Waals surface area contributed by atoms with Gasteiger partial charge < -0.3 is 35.9 Å². The predicted molar refractivity (Wildman–Crippen MR) is 187 cm³/mol. The van der Waals surface area contributed by atoms with Crippen LogP contribution in [0.3, 0.4) is 0 Å². The Kier molecular flexibility index (Phi) is 10.8. The molecule has 1 aliphatic heterocycles. The van der Waals surface area contributed by atoms with Gasteiger partial charge in [0.05, 0.1) is 56.8 Å². The number of carbonyl (C=O) groups excluding carboxylic acids is 3. The first-order chi connectivity index (χ1) is 23.5. The molecule has 50 heavy (non-hydrogen) atoms. The van der Waals surface area contributed by atoms with Gasteiger partial charge in [-0.05, 0) is 48.0 Å². The molecule has 2 heterocycles. The van der Waals surface area contributed by atoms with Crippen LogP contribution in [0.4, 0.5) is 36.2 Å². The van der Waals surface area contributed by atoms with E-state index in [-0.39, 0.29) is 52.7 Å². The van der Waals surface area contributed by atoms with Crippen LogP contribution in [0.5, 0.6) is 0 Å². The van der Waals surface area contributed by atoms with E-state index in [1.165, 1.54) is 12.1 Å². The van der Waals surface area contributed by atoms with Gasteiger partial charge in [-0.15, -0.1) is 0 Å². The number of hydrogen-bond acceptors (Lipinski definition) is 7. The quantitative estimate of drug-likeness (QED) is 0.142. The molecule has 1 saturated heterocycles. The van der Waals surface area contributed by atoms with Gasteiger partial charge in [-0.1, -0.05) is 50.0 Å². The molecule has 5 N–H and O–H groups in total. The third-order valence-electron chi connectivity index (χ3n) is 8.04. The van der Waals surface area contributed by atoms with Crippen LogP contribution in [0.2, 0.25) is 10.0 Å². The second-order valence-electron chi connectivity index (χ2n) is 12.7. The highest BCUT2D eigenvalue weighted by Gasteiger charge is 2.30. The number of primary amides is 1. The van der Waals surface area contributed by atoms with Gasteiger partial charge in [0.25, 0.3) is 5.91 Å². The van der Waals surface area contributed by atoms with Crippen LogP contribution >= 0.6 is 23.2 Å². The summed E-state index contributed by atoms with van der Waals surface area (Å²) in [6.07, 6.45) is -4.56. The molecule has 0 atom stereocenters. The number of aryl methyl sites for hydroxylation is 1. The van der Waals surface area contributed by atoms with Crippen molar-refractivity contribution in [2.75, 3.05) is 41.8 Å². The molecule has 0 unspecified atom stereocenters. The Morgan fingerprint density at radius 2 is 1.68 bits per heavy atom. The van der Waals surface area contributed by atoms with Crippen LogP contribution in [-0.2, 0) is 33.6 Å². The lowest BCUT2D eigenvalue weighted by Crippen LogP contribution is -2.37. The molecule has 0 aliphatic carbocycles. The Bertz CT molecular complexity index is 1920. The lowest BCUT2D eigenvalue weighted by molar-refractivity contribution is -0.137. The standard InChI is InChI=1S/C34H36Cl2F3N7O4/c1-33(2,3)31(49)41-18-19-4-9-23(35)29(28(19)36)44-32-43-24-16-22(30(48)42-21-7-5-20(6-8-21)34(37,38)39)25(45-12-14-50-15-13-45)17-26(24)46(32)11-10-27(40)47/h4-9,16-17H,10-15,18H2,1-3H3,(H2,40,47)(H,41,49)(H,42,48)(H,43,44). The average molecular weight is 735 g/mol. The van der Waals surface area contributed by atoms with Crippen molar-refractivity contribution < 1.29 is 32.3 Å². The fourth-order valence-electron chi connectivity index (χ4n) is 5.29.